The molecule has 1 aromatic carbocycles. The summed E-state index contributed by atoms with van der Waals surface area (Å²) >= 11 is 0. The highest BCUT2D eigenvalue weighted by Crippen LogP contribution is 2.40. The van der Waals surface area contributed by atoms with Crippen LogP contribution in [0.3, 0.4) is 0 Å². The van der Waals surface area contributed by atoms with E-state index in [1.807, 2.05) is 7.05 Å². The van der Waals surface area contributed by atoms with Crippen LogP contribution < -0.4 is 11.1 Å². The maximum atomic E-state index is 10.0. The van der Waals surface area contributed by atoms with Gasteiger partial charge < -0.3 is 26.0 Å². The van der Waals surface area contributed by atoms with E-state index >= 15 is 0 Å². The molecule has 0 saturated carbocycles. The third kappa shape index (κ3) is 2.68. The number of phenols is 2. The van der Waals surface area contributed by atoms with Gasteiger partial charge >= 0.3 is 0 Å². The summed E-state index contributed by atoms with van der Waals surface area (Å²) in [5, 5.41) is 22.8. The van der Waals surface area contributed by atoms with Gasteiger partial charge in [-0.25, -0.2) is 0 Å². The molecule has 0 fully saturated rings. The van der Waals surface area contributed by atoms with Crippen molar-refractivity contribution in [3.05, 3.63) is 23.3 Å². The zero-order valence-corrected chi connectivity index (χ0v) is 11.4. The smallest absolute Gasteiger partial charge is 0.161 e. The quantitative estimate of drug-likeness (QED) is 0.608. The third-order valence-electron chi connectivity index (χ3n) is 3.76. The molecule has 1 aliphatic rings. The van der Waals surface area contributed by atoms with Crippen LogP contribution >= 0.6 is 0 Å². The van der Waals surface area contributed by atoms with E-state index in [2.05, 4.69) is 12.2 Å². The van der Waals surface area contributed by atoms with E-state index in [1.165, 1.54) is 6.07 Å². The fourth-order valence-electron chi connectivity index (χ4n) is 2.66. The van der Waals surface area contributed by atoms with Crippen molar-refractivity contribution in [3.8, 4) is 11.5 Å². The Balaban J connectivity index is 2.33. The van der Waals surface area contributed by atoms with Crippen LogP contribution in [-0.4, -0.2) is 36.5 Å². The molecule has 1 heterocycles. The molecule has 0 aliphatic carbocycles. The minimum Gasteiger partial charge on any atom is -0.504 e. The van der Waals surface area contributed by atoms with E-state index < -0.39 is 0 Å². The second-order valence-electron chi connectivity index (χ2n) is 5.14. The van der Waals surface area contributed by atoms with Gasteiger partial charge in [-0.15, -0.1) is 0 Å². The number of benzene rings is 1. The van der Waals surface area contributed by atoms with Gasteiger partial charge in [0.25, 0.3) is 0 Å². The Morgan fingerprint density at radius 1 is 1.47 bits per heavy atom. The van der Waals surface area contributed by atoms with Crippen LogP contribution in [0.1, 0.15) is 24.2 Å². The monoisotopic (exact) mass is 266 g/mol. The van der Waals surface area contributed by atoms with E-state index in [9.17, 15) is 10.2 Å². The molecule has 2 rings (SSSR count). The van der Waals surface area contributed by atoms with Crippen molar-refractivity contribution in [1.82, 2.24) is 5.32 Å². The number of fused-ring (bicyclic) bond motifs is 1. The maximum Gasteiger partial charge on any atom is 0.161 e. The number of nitrogens with one attached hydrogen (secondary N) is 1. The summed E-state index contributed by atoms with van der Waals surface area (Å²) in [5.74, 6) is 0.172. The average molecular weight is 266 g/mol. The minimum atomic E-state index is -0.223. The van der Waals surface area contributed by atoms with E-state index in [0.29, 0.717) is 18.9 Å². The molecule has 1 aromatic rings. The van der Waals surface area contributed by atoms with Crippen LogP contribution in [0.25, 0.3) is 0 Å². The molecule has 3 atom stereocenters. The zero-order valence-electron chi connectivity index (χ0n) is 11.4. The van der Waals surface area contributed by atoms with E-state index in [-0.39, 0.29) is 23.7 Å². The summed E-state index contributed by atoms with van der Waals surface area (Å²) in [6.07, 6.45) is 0.357. The van der Waals surface area contributed by atoms with Gasteiger partial charge in [0.1, 0.15) is 0 Å². The third-order valence-corrected chi connectivity index (χ3v) is 3.76. The largest absolute Gasteiger partial charge is 0.504 e. The number of aromatic hydroxyl groups is 2. The van der Waals surface area contributed by atoms with Crippen molar-refractivity contribution in [2.75, 3.05) is 20.1 Å². The number of phenolic OH excluding ortho intramolecular Hbond substituents is 2. The van der Waals surface area contributed by atoms with Gasteiger partial charge in [-0.1, -0.05) is 13.0 Å². The molecule has 0 saturated heterocycles. The molecule has 1 aliphatic heterocycles. The second-order valence-corrected chi connectivity index (χ2v) is 5.14. The average Bonchev–Trinajstić information content (AvgIpc) is 2.42. The Morgan fingerprint density at radius 3 is 2.84 bits per heavy atom. The summed E-state index contributed by atoms with van der Waals surface area (Å²) in [5.41, 5.74) is 7.40. The molecule has 0 spiro atoms. The summed E-state index contributed by atoms with van der Waals surface area (Å²) in [6, 6.07) is 3.26. The Hall–Kier alpha value is -1.30. The zero-order chi connectivity index (χ0) is 14.0. The first-order valence-electron chi connectivity index (χ1n) is 6.62. The molecular formula is C14H22N2O3. The van der Waals surface area contributed by atoms with E-state index in [0.717, 1.165) is 17.7 Å². The molecule has 5 nitrogen and oxygen atoms in total. The highest BCUT2D eigenvalue weighted by Gasteiger charge is 2.32. The number of hydrogen-bond acceptors (Lipinski definition) is 5. The second kappa shape index (κ2) is 5.77. The van der Waals surface area contributed by atoms with Crippen LogP contribution in [0.5, 0.6) is 11.5 Å². The Labute approximate surface area is 113 Å². The molecule has 0 amide bonds. The number of ether oxygens (including phenoxy) is 1. The lowest BCUT2D eigenvalue weighted by Gasteiger charge is -2.35. The molecule has 0 bridgehead atoms. The normalized spacial score (nSPS) is 23.9. The molecule has 106 valence electrons. The number of rotatable bonds is 4. The van der Waals surface area contributed by atoms with Gasteiger partial charge in [0.2, 0.25) is 0 Å². The summed E-state index contributed by atoms with van der Waals surface area (Å²) in [7, 11) is 1.90. The first-order chi connectivity index (χ1) is 9.08. The lowest BCUT2D eigenvalue weighted by molar-refractivity contribution is -0.0475. The molecule has 0 aromatic heterocycles. The van der Waals surface area contributed by atoms with E-state index in [1.54, 1.807) is 6.07 Å². The Bertz CT molecular complexity index is 451. The first-order valence-corrected chi connectivity index (χ1v) is 6.62. The van der Waals surface area contributed by atoms with Crippen LogP contribution in [0.2, 0.25) is 0 Å². The predicted octanol–water partition coefficient (Wildman–Crippen LogP) is 0.894. The molecule has 3 unspecified atom stereocenters. The lowest BCUT2D eigenvalue weighted by Crippen LogP contribution is -2.37. The fourth-order valence-corrected chi connectivity index (χ4v) is 2.66. The minimum absolute atomic E-state index is 0.0128. The highest BCUT2D eigenvalue weighted by molar-refractivity contribution is 5.51. The van der Waals surface area contributed by atoms with Gasteiger partial charge in [0, 0.05) is 18.5 Å². The number of hydrogen-bond donors (Lipinski definition) is 4. The predicted molar refractivity (Wildman–Crippen MR) is 73.2 cm³/mol. The lowest BCUT2D eigenvalue weighted by atomic mass is 9.88. The van der Waals surface area contributed by atoms with Gasteiger partial charge in [-0.3, -0.25) is 0 Å². The number of nitrogens with two attached hydrogens (primary N) is 1. The van der Waals surface area contributed by atoms with Crippen molar-refractivity contribution in [3.63, 3.8) is 0 Å². The Morgan fingerprint density at radius 2 is 2.21 bits per heavy atom. The van der Waals surface area contributed by atoms with Gasteiger partial charge in [0.15, 0.2) is 11.5 Å². The van der Waals surface area contributed by atoms with Gasteiger partial charge in [-0.05, 0) is 31.1 Å². The van der Waals surface area contributed by atoms with Crippen LogP contribution in [-0.2, 0) is 11.2 Å². The molecule has 5 heteroatoms. The van der Waals surface area contributed by atoms with Crippen molar-refractivity contribution < 1.29 is 14.9 Å². The van der Waals surface area contributed by atoms with Crippen LogP contribution in [0, 0.1) is 5.92 Å². The summed E-state index contributed by atoms with van der Waals surface area (Å²) in [4.78, 5) is 0. The van der Waals surface area contributed by atoms with Crippen molar-refractivity contribution in [2.45, 2.75) is 25.6 Å². The van der Waals surface area contributed by atoms with Gasteiger partial charge in [-0.2, -0.15) is 0 Å². The molecular weight excluding hydrogens is 244 g/mol. The fraction of sp³-hybridized carbons (Fsp3) is 0.571. The van der Waals surface area contributed by atoms with Crippen molar-refractivity contribution in [2.24, 2.45) is 11.7 Å². The summed E-state index contributed by atoms with van der Waals surface area (Å²) < 4.78 is 6.01. The molecule has 19 heavy (non-hydrogen) atoms. The van der Waals surface area contributed by atoms with Gasteiger partial charge in [0.05, 0.1) is 12.2 Å². The van der Waals surface area contributed by atoms with Crippen molar-refractivity contribution in [1.29, 1.82) is 0 Å². The molecule has 5 N–H and O–H groups in total. The highest BCUT2D eigenvalue weighted by atomic mass is 16.5. The molecule has 0 radical (unpaired) electrons. The summed E-state index contributed by atoms with van der Waals surface area (Å²) in [6.45, 7) is 3.29. The first kappa shape index (κ1) is 14.1. The SMILES string of the molecule is CNCC(C)C1Cc2c(ccc(O)c2O)C(CN)O1. The standard InChI is InChI=1S/C14H22N2O3/c1-8(7-16-2)12-5-10-9(13(6-15)19-12)3-4-11(17)14(10)18/h3-4,8,12-13,16-18H,5-7,15H2,1-2H3. The van der Waals surface area contributed by atoms with Crippen molar-refractivity contribution >= 4 is 0 Å². The topological polar surface area (TPSA) is 87.7 Å². The van der Waals surface area contributed by atoms with Crippen LogP contribution in [0.15, 0.2) is 12.1 Å². The Kier molecular flexibility index (Phi) is 4.29. The maximum absolute atomic E-state index is 10.0. The van der Waals surface area contributed by atoms with Crippen LogP contribution in [0.4, 0.5) is 0 Å². The van der Waals surface area contributed by atoms with E-state index in [4.69, 9.17) is 10.5 Å².